The number of β-amino-alcohol motifs (C(OH)–C–C–N with tert-alkyl or cyclic N) is 1. The van der Waals surface area contributed by atoms with Gasteiger partial charge in [0.2, 0.25) is 0 Å². The van der Waals surface area contributed by atoms with Crippen molar-refractivity contribution in [3.63, 3.8) is 0 Å². The number of aliphatic hydroxyl groups is 1. The normalized spacial score (nSPS) is 23.7. The minimum absolute atomic E-state index is 0.0356. The number of anilines is 1. The first-order chi connectivity index (χ1) is 8.73. The van der Waals surface area contributed by atoms with E-state index in [-0.39, 0.29) is 18.1 Å². The average molecular weight is 276 g/mol. The number of carboxylic acid groups (broad SMARTS) is 1. The van der Waals surface area contributed by atoms with Crippen LogP contribution in [0.5, 0.6) is 0 Å². The summed E-state index contributed by atoms with van der Waals surface area (Å²) in [7, 11) is 0. The van der Waals surface area contributed by atoms with Crippen LogP contribution in [0.4, 0.5) is 19.0 Å². The minimum Gasteiger partial charge on any atom is -0.477 e. The van der Waals surface area contributed by atoms with Gasteiger partial charge < -0.3 is 15.1 Å². The molecule has 2 rings (SSSR count). The maximum Gasteiger partial charge on any atom is 0.418 e. The van der Waals surface area contributed by atoms with Gasteiger partial charge in [0.15, 0.2) is 11.3 Å². The summed E-state index contributed by atoms with van der Waals surface area (Å²) in [6, 6.07) is 4.06. The van der Waals surface area contributed by atoms with Crippen LogP contribution in [-0.2, 0) is 0 Å². The first-order valence-electron chi connectivity index (χ1n) is 5.47. The molecule has 1 atom stereocenters. The molecule has 1 aliphatic heterocycles. The van der Waals surface area contributed by atoms with E-state index in [9.17, 15) is 23.1 Å². The van der Waals surface area contributed by atoms with Crippen LogP contribution in [0.3, 0.4) is 0 Å². The lowest BCUT2D eigenvalue weighted by atomic mass is 10.0. The topological polar surface area (TPSA) is 73.7 Å². The molecule has 5 nitrogen and oxygen atoms in total. The maximum absolute atomic E-state index is 12.7. The van der Waals surface area contributed by atoms with Gasteiger partial charge in [0.25, 0.3) is 0 Å². The Hall–Kier alpha value is -1.83. The first kappa shape index (κ1) is 13.6. The van der Waals surface area contributed by atoms with Crippen LogP contribution in [-0.4, -0.2) is 46.0 Å². The second kappa shape index (κ2) is 4.37. The summed E-state index contributed by atoms with van der Waals surface area (Å²) in [6.45, 7) is -0.682. The third-order valence-electron chi connectivity index (χ3n) is 3.05. The molecule has 8 heteroatoms. The van der Waals surface area contributed by atoms with Crippen LogP contribution >= 0.6 is 0 Å². The monoisotopic (exact) mass is 276 g/mol. The van der Waals surface area contributed by atoms with E-state index in [2.05, 4.69) is 4.98 Å². The zero-order valence-corrected chi connectivity index (χ0v) is 9.68. The van der Waals surface area contributed by atoms with Crippen LogP contribution in [0, 0.1) is 0 Å². The van der Waals surface area contributed by atoms with E-state index in [1.807, 2.05) is 0 Å². The molecule has 1 aromatic heterocycles. The number of halogens is 3. The van der Waals surface area contributed by atoms with Crippen LogP contribution in [0.15, 0.2) is 18.2 Å². The molecule has 2 N–H and O–H groups in total. The zero-order chi connectivity index (χ0) is 14.3. The smallest absolute Gasteiger partial charge is 0.418 e. The molecule has 0 aliphatic carbocycles. The molecule has 0 saturated carbocycles. The fourth-order valence-corrected chi connectivity index (χ4v) is 1.94. The molecule has 0 amide bonds. The van der Waals surface area contributed by atoms with Crippen molar-refractivity contribution in [2.45, 2.75) is 18.2 Å². The van der Waals surface area contributed by atoms with Crippen LogP contribution in [0.25, 0.3) is 0 Å². The summed E-state index contributed by atoms with van der Waals surface area (Å²) in [6.07, 6.45) is -5.18. The van der Waals surface area contributed by atoms with E-state index < -0.39 is 30.7 Å². The number of aromatic nitrogens is 1. The highest BCUT2D eigenvalue weighted by Gasteiger charge is 2.57. The maximum atomic E-state index is 12.7. The summed E-state index contributed by atoms with van der Waals surface area (Å²) in [5.74, 6) is -1.15. The van der Waals surface area contributed by atoms with Crippen LogP contribution in [0.1, 0.15) is 16.9 Å². The highest BCUT2D eigenvalue weighted by molar-refractivity contribution is 5.85. The molecular weight excluding hydrogens is 265 g/mol. The third kappa shape index (κ3) is 2.48. The van der Waals surface area contributed by atoms with E-state index >= 15 is 0 Å². The lowest BCUT2D eigenvalue weighted by molar-refractivity contribution is -0.250. The van der Waals surface area contributed by atoms with Crippen molar-refractivity contribution in [2.75, 3.05) is 18.0 Å². The Morgan fingerprint density at radius 2 is 2.11 bits per heavy atom. The highest BCUT2D eigenvalue weighted by Crippen LogP contribution is 2.38. The third-order valence-corrected chi connectivity index (χ3v) is 3.05. The number of hydrogen-bond acceptors (Lipinski definition) is 4. The molecule has 1 unspecified atom stereocenters. The molecule has 0 aromatic carbocycles. The Bertz CT molecular complexity index is 506. The number of aromatic carboxylic acids is 1. The Kier molecular flexibility index (Phi) is 3.13. The minimum atomic E-state index is -4.72. The predicted octanol–water partition coefficient (Wildman–Crippen LogP) is 1.28. The largest absolute Gasteiger partial charge is 0.477 e. The van der Waals surface area contributed by atoms with Crippen molar-refractivity contribution >= 4 is 11.8 Å². The zero-order valence-electron chi connectivity index (χ0n) is 9.68. The van der Waals surface area contributed by atoms with Gasteiger partial charge in [-0.1, -0.05) is 6.07 Å². The molecule has 1 aromatic rings. The van der Waals surface area contributed by atoms with Crippen molar-refractivity contribution < 1.29 is 28.2 Å². The Morgan fingerprint density at radius 1 is 1.42 bits per heavy atom. The van der Waals surface area contributed by atoms with Crippen LogP contribution in [0.2, 0.25) is 0 Å². The number of pyridine rings is 1. The molecule has 0 radical (unpaired) electrons. The van der Waals surface area contributed by atoms with Crippen molar-refractivity contribution in [2.24, 2.45) is 0 Å². The van der Waals surface area contributed by atoms with Gasteiger partial charge in [-0.05, 0) is 12.1 Å². The van der Waals surface area contributed by atoms with Gasteiger partial charge >= 0.3 is 12.1 Å². The summed E-state index contributed by atoms with van der Waals surface area (Å²) in [5.41, 5.74) is -3.02. The second-order valence-corrected chi connectivity index (χ2v) is 4.39. The Balaban J connectivity index is 2.22. The number of carbonyl (C=O) groups is 1. The molecule has 1 aliphatic rings. The summed E-state index contributed by atoms with van der Waals surface area (Å²) < 4.78 is 38.0. The fourth-order valence-electron chi connectivity index (χ4n) is 1.94. The van der Waals surface area contributed by atoms with Gasteiger partial charge in [-0.15, -0.1) is 0 Å². The molecule has 2 heterocycles. The van der Waals surface area contributed by atoms with Crippen molar-refractivity contribution in [3.8, 4) is 0 Å². The Morgan fingerprint density at radius 3 is 2.63 bits per heavy atom. The van der Waals surface area contributed by atoms with E-state index in [1.54, 1.807) is 0 Å². The fraction of sp³-hybridized carbons (Fsp3) is 0.455. The summed E-state index contributed by atoms with van der Waals surface area (Å²) in [4.78, 5) is 15.7. The number of nitrogens with zero attached hydrogens (tertiary/aromatic N) is 2. The molecular formula is C11H11F3N2O3. The van der Waals surface area contributed by atoms with Crippen LogP contribution < -0.4 is 4.90 Å². The molecule has 0 bridgehead atoms. The van der Waals surface area contributed by atoms with Crippen molar-refractivity contribution in [1.82, 2.24) is 4.98 Å². The number of hydrogen-bond donors (Lipinski definition) is 2. The van der Waals surface area contributed by atoms with Crippen molar-refractivity contribution in [1.29, 1.82) is 0 Å². The van der Waals surface area contributed by atoms with E-state index in [4.69, 9.17) is 5.11 Å². The summed E-state index contributed by atoms with van der Waals surface area (Å²) in [5, 5.41) is 18.3. The molecule has 104 valence electrons. The number of carboxylic acids is 1. The SMILES string of the molecule is O=C(O)c1cccc(N2CCC(O)(C(F)(F)F)C2)n1. The van der Waals surface area contributed by atoms with Gasteiger partial charge in [0, 0.05) is 13.0 Å². The van der Waals surface area contributed by atoms with Gasteiger partial charge in [-0.3, -0.25) is 0 Å². The predicted molar refractivity (Wildman–Crippen MR) is 59.0 cm³/mol. The van der Waals surface area contributed by atoms with E-state index in [0.29, 0.717) is 0 Å². The standard InChI is InChI=1S/C11H11F3N2O3/c12-11(13,14)10(19)4-5-16(6-10)8-3-1-2-7(15-8)9(17)18/h1-3,19H,4-6H2,(H,17,18). The van der Waals surface area contributed by atoms with E-state index in [0.717, 1.165) is 0 Å². The average Bonchev–Trinajstić information content (AvgIpc) is 2.73. The lowest BCUT2D eigenvalue weighted by Crippen LogP contribution is -2.47. The molecule has 1 fully saturated rings. The Labute approximate surface area is 106 Å². The van der Waals surface area contributed by atoms with Gasteiger partial charge in [0.05, 0.1) is 6.54 Å². The summed E-state index contributed by atoms with van der Waals surface area (Å²) >= 11 is 0. The second-order valence-electron chi connectivity index (χ2n) is 4.39. The highest BCUT2D eigenvalue weighted by atomic mass is 19.4. The van der Waals surface area contributed by atoms with Gasteiger partial charge in [-0.25, -0.2) is 9.78 Å². The quantitative estimate of drug-likeness (QED) is 0.851. The first-order valence-corrected chi connectivity index (χ1v) is 5.47. The van der Waals surface area contributed by atoms with Gasteiger partial charge in [0.1, 0.15) is 5.82 Å². The van der Waals surface area contributed by atoms with E-state index in [1.165, 1.54) is 23.1 Å². The molecule has 1 saturated heterocycles. The number of rotatable bonds is 2. The number of alkyl halides is 3. The van der Waals surface area contributed by atoms with Gasteiger partial charge in [-0.2, -0.15) is 13.2 Å². The van der Waals surface area contributed by atoms with Crippen molar-refractivity contribution in [3.05, 3.63) is 23.9 Å². The lowest BCUT2D eigenvalue weighted by Gasteiger charge is -2.26. The molecule has 19 heavy (non-hydrogen) atoms. The molecule has 0 spiro atoms.